The topological polar surface area (TPSA) is 75.7 Å². The molecule has 3 aromatic carbocycles. The van der Waals surface area contributed by atoms with E-state index in [0.29, 0.717) is 28.4 Å². The minimum atomic E-state index is -3.41. The Bertz CT molecular complexity index is 1100. The van der Waals surface area contributed by atoms with Crippen LogP contribution in [0.3, 0.4) is 0 Å². The molecule has 3 rings (SSSR count). The maximum Gasteiger partial charge on any atom is 0.255 e. The van der Waals surface area contributed by atoms with Crippen molar-refractivity contribution in [1.29, 1.82) is 0 Å². The summed E-state index contributed by atoms with van der Waals surface area (Å²) in [4.78, 5) is 12.8. The number of rotatable bonds is 7. The predicted molar refractivity (Wildman–Crippen MR) is 115 cm³/mol. The van der Waals surface area contributed by atoms with E-state index in [1.807, 2.05) is 36.4 Å². The summed E-state index contributed by atoms with van der Waals surface area (Å²) in [5.41, 5.74) is 1.28. The second-order valence-corrected chi connectivity index (χ2v) is 8.57. The number of para-hydroxylation sites is 3. The van der Waals surface area contributed by atoms with E-state index in [1.165, 1.54) is 11.4 Å². The molecule has 0 fully saturated rings. The second kappa shape index (κ2) is 8.79. The van der Waals surface area contributed by atoms with Crippen LogP contribution in [0.1, 0.15) is 17.3 Å². The Labute approximate surface area is 170 Å². The maximum absolute atomic E-state index is 12.8. The second-order valence-electron chi connectivity index (χ2n) is 6.28. The van der Waals surface area contributed by atoms with Crippen molar-refractivity contribution in [3.8, 4) is 11.5 Å². The number of sulfonamides is 1. The van der Waals surface area contributed by atoms with Crippen LogP contribution in [-0.4, -0.2) is 27.1 Å². The van der Waals surface area contributed by atoms with E-state index in [9.17, 15) is 13.2 Å². The molecule has 0 aliphatic heterocycles. The van der Waals surface area contributed by atoms with Crippen molar-refractivity contribution in [2.24, 2.45) is 0 Å². The zero-order valence-corrected chi connectivity index (χ0v) is 17.0. The molecule has 7 heteroatoms. The quantitative estimate of drug-likeness (QED) is 0.621. The van der Waals surface area contributed by atoms with Crippen molar-refractivity contribution in [3.05, 3.63) is 84.4 Å². The molecule has 0 saturated heterocycles. The molecule has 0 aliphatic rings. The fraction of sp³-hybridized carbons (Fsp3) is 0.136. The van der Waals surface area contributed by atoms with Crippen LogP contribution in [0, 0.1) is 0 Å². The van der Waals surface area contributed by atoms with Crippen molar-refractivity contribution < 1.29 is 17.9 Å². The summed E-state index contributed by atoms with van der Waals surface area (Å²) in [7, 11) is -1.94. The predicted octanol–water partition coefficient (Wildman–Crippen LogP) is 4.52. The van der Waals surface area contributed by atoms with Crippen LogP contribution in [0.15, 0.2) is 78.9 Å². The van der Waals surface area contributed by atoms with E-state index in [2.05, 4.69) is 5.32 Å². The summed E-state index contributed by atoms with van der Waals surface area (Å²) in [5.74, 6) is 0.777. The number of hydrogen-bond acceptors (Lipinski definition) is 4. The van der Waals surface area contributed by atoms with E-state index in [0.717, 1.165) is 0 Å². The molecule has 0 bridgehead atoms. The third-order valence-electron chi connectivity index (χ3n) is 4.36. The van der Waals surface area contributed by atoms with Crippen molar-refractivity contribution in [2.45, 2.75) is 6.92 Å². The zero-order chi connectivity index (χ0) is 20.9. The van der Waals surface area contributed by atoms with Gasteiger partial charge in [0.15, 0.2) is 5.75 Å². The standard InChI is InChI=1S/C22H22N2O4S/c1-3-29(26,27)24(2)18-11-9-10-17(16-18)22(25)23-20-14-7-8-15-21(20)28-19-12-5-4-6-13-19/h4-16H,3H2,1-2H3,(H,23,25). The number of hydrogen-bond donors (Lipinski definition) is 1. The van der Waals surface area contributed by atoms with Crippen LogP contribution < -0.4 is 14.4 Å². The first kappa shape index (κ1) is 20.4. The Morgan fingerprint density at radius 2 is 1.66 bits per heavy atom. The monoisotopic (exact) mass is 410 g/mol. The molecule has 0 aromatic heterocycles. The van der Waals surface area contributed by atoms with Gasteiger partial charge in [-0.05, 0) is 49.4 Å². The van der Waals surface area contributed by atoms with E-state index in [1.54, 1.807) is 49.4 Å². The lowest BCUT2D eigenvalue weighted by atomic mass is 10.2. The van der Waals surface area contributed by atoms with Crippen LogP contribution in [-0.2, 0) is 10.0 Å². The molecule has 3 aromatic rings. The van der Waals surface area contributed by atoms with Gasteiger partial charge in [-0.2, -0.15) is 0 Å². The molecule has 1 N–H and O–H groups in total. The van der Waals surface area contributed by atoms with Gasteiger partial charge in [-0.3, -0.25) is 9.10 Å². The molecule has 0 aliphatic carbocycles. The molecular weight excluding hydrogens is 388 g/mol. The summed E-state index contributed by atoms with van der Waals surface area (Å²) in [6, 6.07) is 22.9. The van der Waals surface area contributed by atoms with Gasteiger partial charge in [0.1, 0.15) is 5.75 Å². The SMILES string of the molecule is CCS(=O)(=O)N(C)c1cccc(C(=O)Nc2ccccc2Oc2ccccc2)c1. The van der Waals surface area contributed by atoms with Crippen LogP contribution in [0.2, 0.25) is 0 Å². The lowest BCUT2D eigenvalue weighted by Gasteiger charge is -2.19. The van der Waals surface area contributed by atoms with E-state index in [-0.39, 0.29) is 11.7 Å². The van der Waals surface area contributed by atoms with Gasteiger partial charge >= 0.3 is 0 Å². The van der Waals surface area contributed by atoms with Gasteiger partial charge in [-0.25, -0.2) is 8.42 Å². The van der Waals surface area contributed by atoms with Gasteiger partial charge in [-0.1, -0.05) is 36.4 Å². The highest BCUT2D eigenvalue weighted by Crippen LogP contribution is 2.29. The summed E-state index contributed by atoms with van der Waals surface area (Å²) in [6.07, 6.45) is 0. The van der Waals surface area contributed by atoms with Gasteiger partial charge in [0.25, 0.3) is 5.91 Å². The van der Waals surface area contributed by atoms with Gasteiger partial charge in [0.05, 0.1) is 17.1 Å². The smallest absolute Gasteiger partial charge is 0.255 e. The molecule has 1 amide bonds. The summed E-state index contributed by atoms with van der Waals surface area (Å²) >= 11 is 0. The average molecular weight is 410 g/mol. The van der Waals surface area contributed by atoms with Gasteiger partial charge in [0, 0.05) is 12.6 Å². The van der Waals surface area contributed by atoms with Gasteiger partial charge < -0.3 is 10.1 Å². The largest absolute Gasteiger partial charge is 0.455 e. The molecule has 29 heavy (non-hydrogen) atoms. The first-order valence-electron chi connectivity index (χ1n) is 9.10. The van der Waals surface area contributed by atoms with E-state index < -0.39 is 10.0 Å². The maximum atomic E-state index is 12.8. The fourth-order valence-corrected chi connectivity index (χ4v) is 3.49. The number of carbonyl (C=O) groups excluding carboxylic acids is 1. The van der Waals surface area contributed by atoms with E-state index >= 15 is 0 Å². The summed E-state index contributed by atoms with van der Waals surface area (Å²) in [6.45, 7) is 1.58. The van der Waals surface area contributed by atoms with Gasteiger partial charge in [0.2, 0.25) is 10.0 Å². The molecule has 0 radical (unpaired) electrons. The highest BCUT2D eigenvalue weighted by molar-refractivity contribution is 7.92. The van der Waals surface area contributed by atoms with Crippen LogP contribution in [0.5, 0.6) is 11.5 Å². The number of anilines is 2. The Kier molecular flexibility index (Phi) is 6.19. The molecule has 0 saturated carbocycles. The Morgan fingerprint density at radius 3 is 2.38 bits per heavy atom. The number of amides is 1. The van der Waals surface area contributed by atoms with Gasteiger partial charge in [-0.15, -0.1) is 0 Å². The third-order valence-corrected chi connectivity index (χ3v) is 6.14. The average Bonchev–Trinajstić information content (AvgIpc) is 2.75. The number of ether oxygens (including phenoxy) is 1. The molecular formula is C22H22N2O4S. The molecule has 0 heterocycles. The number of benzene rings is 3. The highest BCUT2D eigenvalue weighted by atomic mass is 32.2. The minimum absolute atomic E-state index is 0.0237. The minimum Gasteiger partial charge on any atom is -0.455 e. The number of nitrogens with zero attached hydrogens (tertiary/aromatic N) is 1. The molecule has 0 spiro atoms. The van der Waals surface area contributed by atoms with Crippen LogP contribution >= 0.6 is 0 Å². The first-order valence-corrected chi connectivity index (χ1v) is 10.7. The molecule has 6 nitrogen and oxygen atoms in total. The molecule has 150 valence electrons. The first-order chi connectivity index (χ1) is 13.9. The van der Waals surface area contributed by atoms with Crippen LogP contribution in [0.25, 0.3) is 0 Å². The van der Waals surface area contributed by atoms with Crippen LogP contribution in [0.4, 0.5) is 11.4 Å². The van der Waals surface area contributed by atoms with Crippen molar-refractivity contribution in [3.63, 3.8) is 0 Å². The van der Waals surface area contributed by atoms with E-state index in [4.69, 9.17) is 4.74 Å². The Hall–Kier alpha value is -3.32. The molecule has 0 atom stereocenters. The fourth-order valence-electron chi connectivity index (χ4n) is 2.67. The number of nitrogens with one attached hydrogen (secondary N) is 1. The third kappa shape index (κ3) is 4.94. The van der Waals surface area contributed by atoms with Crippen molar-refractivity contribution in [2.75, 3.05) is 22.4 Å². The zero-order valence-electron chi connectivity index (χ0n) is 16.2. The van der Waals surface area contributed by atoms with Crippen molar-refractivity contribution >= 4 is 27.3 Å². The normalized spacial score (nSPS) is 11.0. The summed E-state index contributed by atoms with van der Waals surface area (Å²) < 4.78 is 31.2. The lowest BCUT2D eigenvalue weighted by Crippen LogP contribution is -2.28. The Balaban J connectivity index is 1.82. The lowest BCUT2D eigenvalue weighted by molar-refractivity contribution is 0.102. The Morgan fingerprint density at radius 1 is 0.966 bits per heavy atom. The molecule has 0 unspecified atom stereocenters. The van der Waals surface area contributed by atoms with Crippen molar-refractivity contribution in [1.82, 2.24) is 0 Å². The number of carbonyl (C=O) groups is 1. The highest BCUT2D eigenvalue weighted by Gasteiger charge is 2.17. The summed E-state index contributed by atoms with van der Waals surface area (Å²) in [5, 5.41) is 2.83.